The largest absolute Gasteiger partial charge is 0.420 e. The van der Waals surface area contributed by atoms with E-state index in [1.165, 1.54) is 21.5 Å². The van der Waals surface area contributed by atoms with Crippen molar-refractivity contribution >= 4 is 21.6 Å². The number of thiophene rings is 1. The highest BCUT2D eigenvalue weighted by Crippen LogP contribution is 2.43. The van der Waals surface area contributed by atoms with Crippen LogP contribution in [0.2, 0.25) is 0 Å². The Hall–Kier alpha value is -2.51. The van der Waals surface area contributed by atoms with Crippen molar-refractivity contribution in [1.82, 2.24) is 20.2 Å². The molecule has 31 heavy (non-hydrogen) atoms. The van der Waals surface area contributed by atoms with E-state index in [1.54, 1.807) is 11.3 Å². The summed E-state index contributed by atoms with van der Waals surface area (Å²) in [6.45, 7) is 8.57. The molecule has 4 aromatic heterocycles. The molecule has 1 aliphatic carbocycles. The van der Waals surface area contributed by atoms with Gasteiger partial charge in [0, 0.05) is 28.9 Å². The standard InChI is InChI=1S/C24H29N5OS/c1-12(2)20-21(16-9-13(3)26-14(4)10-16)27-18-11-19(31-22(18)20)24-29-28-23(30-24)15-5-7-17(25)8-6-15/h9-12,15,17,27H,5-8,25H2,1-4H3. The number of hydrogen-bond donors (Lipinski definition) is 2. The summed E-state index contributed by atoms with van der Waals surface area (Å²) in [6.07, 6.45) is 4.11. The number of nitrogens with one attached hydrogen (secondary N) is 1. The van der Waals surface area contributed by atoms with Crippen LogP contribution in [0.5, 0.6) is 0 Å². The number of nitrogens with zero attached hydrogens (tertiary/aromatic N) is 3. The van der Waals surface area contributed by atoms with Crippen molar-refractivity contribution in [2.24, 2.45) is 5.73 Å². The van der Waals surface area contributed by atoms with Crippen LogP contribution >= 0.6 is 11.3 Å². The number of rotatable bonds is 4. The van der Waals surface area contributed by atoms with E-state index >= 15 is 0 Å². The van der Waals surface area contributed by atoms with Gasteiger partial charge in [0.2, 0.25) is 5.89 Å². The van der Waals surface area contributed by atoms with Crippen LogP contribution in [0.25, 0.3) is 32.2 Å². The number of H-pyrrole nitrogens is 1. The fourth-order valence-corrected chi connectivity index (χ4v) is 5.96. The smallest absolute Gasteiger partial charge is 0.257 e. The third-order valence-electron chi connectivity index (χ3n) is 6.23. The van der Waals surface area contributed by atoms with Crippen LogP contribution in [0.4, 0.5) is 0 Å². The van der Waals surface area contributed by atoms with Crippen molar-refractivity contribution in [3.05, 3.63) is 41.0 Å². The van der Waals surface area contributed by atoms with E-state index in [9.17, 15) is 0 Å². The fraction of sp³-hybridized carbons (Fsp3) is 0.458. The first-order valence-electron chi connectivity index (χ1n) is 11.1. The van der Waals surface area contributed by atoms with Gasteiger partial charge >= 0.3 is 0 Å². The number of aromatic amines is 1. The lowest BCUT2D eigenvalue weighted by Crippen LogP contribution is -2.25. The number of pyridine rings is 1. The lowest BCUT2D eigenvalue weighted by atomic mass is 9.86. The molecule has 3 N–H and O–H groups in total. The van der Waals surface area contributed by atoms with Gasteiger partial charge in [-0.2, -0.15) is 0 Å². The van der Waals surface area contributed by atoms with E-state index in [0.29, 0.717) is 23.8 Å². The quantitative estimate of drug-likeness (QED) is 0.406. The summed E-state index contributed by atoms with van der Waals surface area (Å²) in [7, 11) is 0. The molecule has 0 radical (unpaired) electrons. The average Bonchev–Trinajstić information content (AvgIpc) is 3.41. The molecule has 162 valence electrons. The van der Waals surface area contributed by atoms with Gasteiger partial charge in [0.1, 0.15) is 0 Å². The minimum atomic E-state index is 0.313. The predicted molar refractivity (Wildman–Crippen MR) is 125 cm³/mol. The van der Waals surface area contributed by atoms with Gasteiger partial charge in [-0.25, -0.2) is 0 Å². The Morgan fingerprint density at radius 2 is 1.77 bits per heavy atom. The van der Waals surface area contributed by atoms with E-state index in [1.807, 2.05) is 13.8 Å². The van der Waals surface area contributed by atoms with Gasteiger partial charge in [0.15, 0.2) is 0 Å². The van der Waals surface area contributed by atoms with Crippen molar-refractivity contribution in [3.8, 4) is 22.0 Å². The molecule has 0 saturated heterocycles. The molecule has 0 atom stereocenters. The predicted octanol–water partition coefficient (Wildman–Crippen LogP) is 6.07. The van der Waals surface area contributed by atoms with E-state index < -0.39 is 0 Å². The van der Waals surface area contributed by atoms with Crippen molar-refractivity contribution in [2.45, 2.75) is 71.3 Å². The lowest BCUT2D eigenvalue weighted by molar-refractivity contribution is 0.341. The molecule has 0 bridgehead atoms. The number of hydrogen-bond acceptors (Lipinski definition) is 6. The van der Waals surface area contributed by atoms with Crippen LogP contribution in [0.3, 0.4) is 0 Å². The number of fused-ring (bicyclic) bond motifs is 1. The summed E-state index contributed by atoms with van der Waals surface area (Å²) in [5.74, 6) is 2.09. The summed E-state index contributed by atoms with van der Waals surface area (Å²) >= 11 is 1.73. The molecule has 1 saturated carbocycles. The summed E-state index contributed by atoms with van der Waals surface area (Å²) in [5.41, 5.74) is 12.9. The second-order valence-electron chi connectivity index (χ2n) is 9.12. The molecule has 4 aromatic rings. The number of aromatic nitrogens is 4. The summed E-state index contributed by atoms with van der Waals surface area (Å²) in [6, 6.07) is 6.75. The van der Waals surface area contributed by atoms with Crippen LogP contribution in [0.15, 0.2) is 22.6 Å². The van der Waals surface area contributed by atoms with E-state index in [0.717, 1.165) is 53.4 Å². The highest BCUT2D eigenvalue weighted by atomic mass is 32.1. The van der Waals surface area contributed by atoms with Gasteiger partial charge in [-0.05, 0) is 69.2 Å². The molecule has 6 nitrogen and oxygen atoms in total. The first kappa shape index (κ1) is 20.4. The van der Waals surface area contributed by atoms with Gasteiger partial charge in [-0.3, -0.25) is 4.98 Å². The zero-order chi connectivity index (χ0) is 21.7. The fourth-order valence-electron chi connectivity index (χ4n) is 4.73. The Morgan fingerprint density at radius 3 is 2.45 bits per heavy atom. The maximum atomic E-state index is 6.12. The second kappa shape index (κ2) is 7.88. The highest BCUT2D eigenvalue weighted by Gasteiger charge is 2.26. The zero-order valence-corrected chi connectivity index (χ0v) is 19.3. The first-order chi connectivity index (χ1) is 14.9. The molecule has 0 amide bonds. The van der Waals surface area contributed by atoms with Gasteiger partial charge in [0.25, 0.3) is 5.89 Å². The maximum absolute atomic E-state index is 6.12. The van der Waals surface area contributed by atoms with Crippen LogP contribution in [-0.2, 0) is 0 Å². The van der Waals surface area contributed by atoms with E-state index in [2.05, 4.69) is 52.2 Å². The van der Waals surface area contributed by atoms with Crippen molar-refractivity contribution in [3.63, 3.8) is 0 Å². The minimum absolute atomic E-state index is 0.313. The summed E-state index contributed by atoms with van der Waals surface area (Å²) in [5, 5.41) is 8.74. The van der Waals surface area contributed by atoms with Crippen molar-refractivity contribution < 1.29 is 4.42 Å². The van der Waals surface area contributed by atoms with Gasteiger partial charge in [-0.1, -0.05) is 13.8 Å². The lowest BCUT2D eigenvalue weighted by Gasteiger charge is -2.23. The van der Waals surface area contributed by atoms with Crippen LogP contribution in [0, 0.1) is 13.8 Å². The Kier molecular flexibility index (Phi) is 5.18. The molecular formula is C24H29N5OS. The molecule has 5 rings (SSSR count). The number of aryl methyl sites for hydroxylation is 2. The highest BCUT2D eigenvalue weighted by molar-refractivity contribution is 7.22. The number of nitrogens with two attached hydrogens (primary N) is 1. The summed E-state index contributed by atoms with van der Waals surface area (Å²) < 4.78 is 7.38. The molecule has 0 unspecified atom stereocenters. The molecule has 0 spiro atoms. The molecule has 7 heteroatoms. The van der Waals surface area contributed by atoms with Crippen molar-refractivity contribution in [1.29, 1.82) is 0 Å². The monoisotopic (exact) mass is 435 g/mol. The first-order valence-corrected chi connectivity index (χ1v) is 11.9. The maximum Gasteiger partial charge on any atom is 0.257 e. The summed E-state index contributed by atoms with van der Waals surface area (Å²) in [4.78, 5) is 9.21. The molecule has 4 heterocycles. The van der Waals surface area contributed by atoms with Gasteiger partial charge in [-0.15, -0.1) is 21.5 Å². The zero-order valence-electron chi connectivity index (χ0n) is 18.5. The van der Waals surface area contributed by atoms with E-state index in [-0.39, 0.29) is 0 Å². The molecule has 0 aliphatic heterocycles. The topological polar surface area (TPSA) is 93.6 Å². The molecule has 0 aromatic carbocycles. The van der Waals surface area contributed by atoms with Crippen molar-refractivity contribution in [2.75, 3.05) is 0 Å². The van der Waals surface area contributed by atoms with Crippen LogP contribution in [0.1, 0.15) is 74.2 Å². The molecule has 1 fully saturated rings. The van der Waals surface area contributed by atoms with Gasteiger partial charge in [0.05, 0.1) is 20.8 Å². The third-order valence-corrected chi connectivity index (χ3v) is 7.38. The Bertz CT molecular complexity index is 1210. The molecular weight excluding hydrogens is 406 g/mol. The van der Waals surface area contributed by atoms with E-state index in [4.69, 9.17) is 10.2 Å². The Morgan fingerprint density at radius 1 is 1.06 bits per heavy atom. The van der Waals surface area contributed by atoms with Crippen LogP contribution in [-0.4, -0.2) is 26.2 Å². The molecule has 1 aliphatic rings. The Balaban J connectivity index is 1.51. The SMILES string of the molecule is Cc1cc(-c2[nH]c3cc(-c4nnc(C5CCC(N)CC5)o4)sc3c2C(C)C)cc(C)n1. The van der Waals surface area contributed by atoms with Crippen LogP contribution < -0.4 is 5.73 Å². The normalized spacial score (nSPS) is 19.5. The second-order valence-corrected chi connectivity index (χ2v) is 10.2. The Labute approximate surface area is 186 Å². The van der Waals surface area contributed by atoms with Gasteiger partial charge < -0.3 is 15.1 Å². The third kappa shape index (κ3) is 3.81. The minimum Gasteiger partial charge on any atom is -0.420 e. The average molecular weight is 436 g/mol.